The van der Waals surface area contributed by atoms with Gasteiger partial charge < -0.3 is 4.74 Å². The molecule has 0 bridgehead atoms. The van der Waals surface area contributed by atoms with Crippen LogP contribution in [0.1, 0.15) is 24.4 Å². The molecule has 0 fully saturated rings. The third-order valence-corrected chi connectivity index (χ3v) is 5.87. The minimum Gasteiger partial charge on any atom is -0.462 e. The maximum atomic E-state index is 13.0. The molecular weight excluding hydrogens is 503 g/mol. The third-order valence-electron chi connectivity index (χ3n) is 3.08. The Morgan fingerprint density at radius 3 is 2.50 bits per heavy atom. The molecule has 0 saturated heterocycles. The van der Waals surface area contributed by atoms with Crippen molar-refractivity contribution < 1.29 is 22.7 Å². The number of alkyl halides is 5. The number of ether oxygens (including phenoxy) is 1. The van der Waals surface area contributed by atoms with Crippen molar-refractivity contribution in [3.05, 3.63) is 30.1 Å². The Morgan fingerprint density at radius 2 is 1.92 bits per heavy atom. The molecule has 2 aromatic rings. The number of thiol groups is 1. The Morgan fingerprint density at radius 1 is 1.27 bits per heavy atom. The molecule has 0 aliphatic rings. The first kappa shape index (κ1) is 21.2. The molecule has 0 N–H and O–H groups in total. The summed E-state index contributed by atoms with van der Waals surface area (Å²) in [5.74, 6) is -0.427. The summed E-state index contributed by atoms with van der Waals surface area (Å²) in [7, 11) is 0. The van der Waals surface area contributed by atoms with E-state index < -0.39 is 27.5 Å². The van der Waals surface area contributed by atoms with E-state index in [2.05, 4.69) is 54.6 Å². The smallest absolute Gasteiger partial charge is 0.416 e. The fourth-order valence-corrected chi connectivity index (χ4v) is 3.02. The summed E-state index contributed by atoms with van der Waals surface area (Å²) < 4.78 is 45.3. The van der Waals surface area contributed by atoms with E-state index >= 15 is 0 Å². The van der Waals surface area contributed by atoms with Gasteiger partial charge in [0.2, 0.25) is 0 Å². The summed E-state index contributed by atoms with van der Waals surface area (Å²) >= 11 is 10.5. The second-order valence-electron chi connectivity index (χ2n) is 5.57. The molecule has 0 amide bonds. The van der Waals surface area contributed by atoms with Gasteiger partial charge in [-0.3, -0.25) is 4.79 Å². The summed E-state index contributed by atoms with van der Waals surface area (Å²) in [5.41, 5.74) is -0.676. The zero-order valence-corrected chi connectivity index (χ0v) is 17.6. The van der Waals surface area contributed by atoms with Crippen molar-refractivity contribution in [2.75, 3.05) is 0 Å². The van der Waals surface area contributed by atoms with Gasteiger partial charge in [0.1, 0.15) is 16.1 Å². The van der Waals surface area contributed by atoms with E-state index in [9.17, 15) is 18.0 Å². The lowest BCUT2D eigenvalue weighted by atomic mass is 10.1. The summed E-state index contributed by atoms with van der Waals surface area (Å²) in [6.07, 6.45) is -3.48. The van der Waals surface area contributed by atoms with E-state index in [1.807, 2.05) is 0 Å². The van der Waals surface area contributed by atoms with Gasteiger partial charge in [-0.25, -0.2) is 9.67 Å². The Hall–Kier alpha value is -1.07. The average molecular weight is 517 g/mol. The van der Waals surface area contributed by atoms with Gasteiger partial charge in [-0.05, 0) is 32.0 Å². The molecule has 26 heavy (non-hydrogen) atoms. The normalized spacial score (nSPS) is 14.3. The minimum absolute atomic E-state index is 0.0766. The molecule has 0 spiro atoms. The zero-order chi connectivity index (χ0) is 19.6. The van der Waals surface area contributed by atoms with E-state index in [1.165, 1.54) is 17.1 Å². The van der Waals surface area contributed by atoms with Crippen LogP contribution in [0.4, 0.5) is 13.2 Å². The van der Waals surface area contributed by atoms with Crippen molar-refractivity contribution in [1.29, 1.82) is 0 Å². The van der Waals surface area contributed by atoms with Crippen molar-refractivity contribution in [1.82, 2.24) is 14.8 Å². The van der Waals surface area contributed by atoms with E-state index in [0.717, 1.165) is 12.1 Å². The Kier molecular flexibility index (Phi) is 6.78. The monoisotopic (exact) mass is 515 g/mol. The van der Waals surface area contributed by atoms with Crippen LogP contribution in [0.2, 0.25) is 0 Å². The average Bonchev–Trinajstić information content (AvgIpc) is 3.01. The number of carbonyl (C=O) groups is 1. The summed E-state index contributed by atoms with van der Waals surface area (Å²) in [4.78, 5) is 14.7. The molecule has 0 aliphatic heterocycles. The summed E-state index contributed by atoms with van der Waals surface area (Å²) in [5, 5.41) is 4.15. The van der Waals surface area contributed by atoms with E-state index in [0.29, 0.717) is 0 Å². The van der Waals surface area contributed by atoms with E-state index in [1.54, 1.807) is 13.8 Å². The third kappa shape index (κ3) is 5.23. The van der Waals surface area contributed by atoms with Crippen LogP contribution in [0.5, 0.6) is 0 Å². The molecule has 2 unspecified atom stereocenters. The van der Waals surface area contributed by atoms with Crippen molar-refractivity contribution in [3.63, 3.8) is 0 Å². The highest BCUT2D eigenvalue weighted by molar-refractivity contribution is 9.12. The molecule has 1 aromatic carbocycles. The van der Waals surface area contributed by atoms with E-state index in [-0.39, 0.29) is 22.4 Å². The number of carbonyl (C=O) groups excluding carboxylic acids is 1. The first-order valence-corrected chi connectivity index (χ1v) is 9.58. The van der Waals surface area contributed by atoms with Crippen LogP contribution in [0.3, 0.4) is 0 Å². The van der Waals surface area contributed by atoms with Crippen LogP contribution >= 0.6 is 44.5 Å². The van der Waals surface area contributed by atoms with Crippen LogP contribution in [-0.2, 0) is 15.7 Å². The fourth-order valence-electron chi connectivity index (χ4n) is 1.97. The summed E-state index contributed by atoms with van der Waals surface area (Å²) in [6, 6.07) is 3.30. The molecule has 1 heterocycles. The predicted molar refractivity (Wildman–Crippen MR) is 99.6 cm³/mol. The second kappa shape index (κ2) is 8.30. The number of rotatable bonds is 5. The van der Waals surface area contributed by atoms with Gasteiger partial charge in [0.15, 0.2) is 5.82 Å². The molecule has 5 nitrogen and oxygen atoms in total. The highest BCUT2D eigenvalue weighted by Gasteiger charge is 2.32. The van der Waals surface area contributed by atoms with Crippen LogP contribution in [0.15, 0.2) is 29.4 Å². The predicted octanol–water partition coefficient (Wildman–Crippen LogP) is 4.86. The highest BCUT2D eigenvalue weighted by Crippen LogP contribution is 2.34. The van der Waals surface area contributed by atoms with E-state index in [4.69, 9.17) is 4.74 Å². The number of halogens is 5. The highest BCUT2D eigenvalue weighted by atomic mass is 79.9. The summed E-state index contributed by atoms with van der Waals surface area (Å²) in [6.45, 7) is 3.44. The Bertz CT molecular complexity index is 799. The lowest BCUT2D eigenvalue weighted by Crippen LogP contribution is -2.27. The van der Waals surface area contributed by atoms with Gasteiger partial charge in [-0.15, -0.1) is 17.7 Å². The van der Waals surface area contributed by atoms with Crippen molar-refractivity contribution in [2.24, 2.45) is 0 Å². The molecular formula is C15H14Br2F3N3O2S. The maximum absolute atomic E-state index is 13.0. The van der Waals surface area contributed by atoms with Crippen LogP contribution in [0, 0.1) is 0 Å². The lowest BCUT2D eigenvalue weighted by molar-refractivity contribution is -0.146. The maximum Gasteiger partial charge on any atom is 0.416 e. The number of benzene rings is 1. The molecule has 1 aromatic heterocycles. The SMILES string of the molecule is CC(C)OC(=O)C(Br)C(Br)n1cnc(-c2cc(S)cc(C(F)(F)F)c2)n1. The quantitative estimate of drug-likeness (QED) is 0.350. The fraction of sp³-hybridized carbons (Fsp3) is 0.400. The van der Waals surface area contributed by atoms with Gasteiger partial charge in [0.25, 0.3) is 0 Å². The van der Waals surface area contributed by atoms with Gasteiger partial charge in [-0.2, -0.15) is 13.2 Å². The molecule has 2 rings (SSSR count). The molecule has 11 heteroatoms. The molecule has 0 aliphatic carbocycles. The number of hydrogen-bond acceptors (Lipinski definition) is 5. The van der Waals surface area contributed by atoms with Crippen LogP contribution in [-0.4, -0.2) is 31.7 Å². The number of hydrogen-bond donors (Lipinski definition) is 1. The molecule has 142 valence electrons. The zero-order valence-electron chi connectivity index (χ0n) is 13.5. The number of esters is 1. The standard InChI is InChI=1S/C15H14Br2F3N3O2S/c1-7(2)25-14(24)11(16)12(17)23-6-21-13(22-23)8-3-9(15(18,19)20)5-10(26)4-8/h3-7,11-12,26H,1-2H3. The molecule has 0 saturated carbocycles. The Balaban J connectivity index is 2.27. The van der Waals surface area contributed by atoms with Gasteiger partial charge in [-0.1, -0.05) is 31.9 Å². The minimum atomic E-state index is -4.50. The van der Waals surface area contributed by atoms with Crippen LogP contribution in [0.25, 0.3) is 11.4 Å². The van der Waals surface area contributed by atoms with Crippen LogP contribution < -0.4 is 0 Å². The van der Waals surface area contributed by atoms with Gasteiger partial charge >= 0.3 is 12.1 Å². The molecule has 0 radical (unpaired) electrons. The number of nitrogens with zero attached hydrogens (tertiary/aromatic N) is 3. The molecule has 2 atom stereocenters. The van der Waals surface area contributed by atoms with Crippen molar-refractivity contribution in [3.8, 4) is 11.4 Å². The van der Waals surface area contributed by atoms with Gasteiger partial charge in [0, 0.05) is 10.5 Å². The van der Waals surface area contributed by atoms with Gasteiger partial charge in [0.05, 0.1) is 11.7 Å². The lowest BCUT2D eigenvalue weighted by Gasteiger charge is -2.17. The Labute approximate surface area is 170 Å². The topological polar surface area (TPSA) is 57.0 Å². The van der Waals surface area contributed by atoms with Crippen molar-refractivity contribution in [2.45, 2.75) is 40.8 Å². The largest absolute Gasteiger partial charge is 0.462 e. The second-order valence-corrected chi connectivity index (χ2v) is 8.02. The number of aromatic nitrogens is 3. The first-order valence-electron chi connectivity index (χ1n) is 7.30. The van der Waals surface area contributed by atoms with Crippen molar-refractivity contribution >= 4 is 50.5 Å². The first-order chi connectivity index (χ1) is 12.0.